The van der Waals surface area contributed by atoms with Crippen LogP contribution < -0.4 is 9.47 Å². The minimum absolute atomic E-state index is 0.148. The van der Waals surface area contributed by atoms with Crippen LogP contribution >= 0.6 is 0 Å². The van der Waals surface area contributed by atoms with Crippen molar-refractivity contribution in [1.29, 1.82) is 0 Å². The lowest BCUT2D eigenvalue weighted by atomic mass is 10.1. The van der Waals surface area contributed by atoms with Gasteiger partial charge in [0.1, 0.15) is 18.9 Å². The van der Waals surface area contributed by atoms with Crippen molar-refractivity contribution < 1.29 is 23.9 Å². The molecule has 1 aromatic carbocycles. The van der Waals surface area contributed by atoms with Gasteiger partial charge in [0.05, 0.1) is 0 Å². The lowest BCUT2D eigenvalue weighted by Gasteiger charge is -2.18. The van der Waals surface area contributed by atoms with Gasteiger partial charge in [0.25, 0.3) is 0 Å². The molecule has 98 valence electrons. The minimum atomic E-state index is -1.13. The summed E-state index contributed by atoms with van der Waals surface area (Å²) >= 11 is 0. The van der Waals surface area contributed by atoms with Crippen LogP contribution in [0.25, 0.3) is 11.3 Å². The average molecular weight is 261 g/mol. The van der Waals surface area contributed by atoms with Crippen molar-refractivity contribution in [2.75, 3.05) is 13.2 Å². The topological polar surface area (TPSA) is 81.8 Å². The van der Waals surface area contributed by atoms with E-state index in [1.165, 1.54) is 0 Å². The Kier molecular flexibility index (Phi) is 2.63. The SMILES string of the molecule is Cc1c(-c2ccc3c(c2)OCCO3)noc1C(=O)O. The molecule has 1 aliphatic heterocycles. The molecule has 0 spiro atoms. The van der Waals surface area contributed by atoms with E-state index in [0.29, 0.717) is 36.0 Å². The molecule has 2 aromatic rings. The molecular formula is C13H11NO5. The highest BCUT2D eigenvalue weighted by Gasteiger charge is 2.20. The molecule has 1 N–H and O–H groups in total. The van der Waals surface area contributed by atoms with Gasteiger partial charge in [0.15, 0.2) is 11.5 Å². The molecular weight excluding hydrogens is 250 g/mol. The van der Waals surface area contributed by atoms with Crippen molar-refractivity contribution in [3.05, 3.63) is 29.5 Å². The van der Waals surface area contributed by atoms with Crippen molar-refractivity contribution in [3.63, 3.8) is 0 Å². The smallest absolute Gasteiger partial charge is 0.375 e. The highest BCUT2D eigenvalue weighted by atomic mass is 16.6. The molecule has 0 unspecified atom stereocenters. The van der Waals surface area contributed by atoms with Gasteiger partial charge in [-0.3, -0.25) is 0 Å². The van der Waals surface area contributed by atoms with Crippen LogP contribution in [0.1, 0.15) is 16.1 Å². The van der Waals surface area contributed by atoms with Crippen molar-refractivity contribution in [2.24, 2.45) is 0 Å². The Morgan fingerprint density at radius 3 is 2.68 bits per heavy atom. The lowest BCUT2D eigenvalue weighted by molar-refractivity contribution is 0.0651. The van der Waals surface area contributed by atoms with Crippen LogP contribution in [0.2, 0.25) is 0 Å². The van der Waals surface area contributed by atoms with Crippen molar-refractivity contribution >= 4 is 5.97 Å². The molecule has 1 aromatic heterocycles. The number of rotatable bonds is 2. The molecule has 2 heterocycles. The van der Waals surface area contributed by atoms with E-state index in [1.54, 1.807) is 25.1 Å². The van der Waals surface area contributed by atoms with E-state index in [2.05, 4.69) is 5.16 Å². The number of hydrogen-bond acceptors (Lipinski definition) is 5. The summed E-state index contributed by atoms with van der Waals surface area (Å²) in [5, 5.41) is 12.7. The first-order valence-electron chi connectivity index (χ1n) is 5.76. The second-order valence-electron chi connectivity index (χ2n) is 4.15. The summed E-state index contributed by atoms with van der Waals surface area (Å²) in [6.07, 6.45) is 0. The number of benzene rings is 1. The Labute approximate surface area is 108 Å². The number of carboxylic acid groups (broad SMARTS) is 1. The Morgan fingerprint density at radius 2 is 2.00 bits per heavy atom. The van der Waals surface area contributed by atoms with E-state index in [0.717, 1.165) is 5.56 Å². The molecule has 19 heavy (non-hydrogen) atoms. The fourth-order valence-electron chi connectivity index (χ4n) is 2.00. The Bertz CT molecular complexity index is 646. The van der Waals surface area contributed by atoms with E-state index in [1.807, 2.05) is 0 Å². The fourth-order valence-corrected chi connectivity index (χ4v) is 2.00. The number of carbonyl (C=O) groups is 1. The number of aromatic carboxylic acids is 1. The van der Waals surface area contributed by atoms with Gasteiger partial charge >= 0.3 is 5.97 Å². The number of aromatic nitrogens is 1. The van der Waals surface area contributed by atoms with Crippen LogP contribution in [0.15, 0.2) is 22.7 Å². The second kappa shape index (κ2) is 4.31. The molecule has 0 saturated heterocycles. The summed E-state index contributed by atoms with van der Waals surface area (Å²) in [7, 11) is 0. The maximum Gasteiger partial charge on any atom is 0.375 e. The summed E-state index contributed by atoms with van der Waals surface area (Å²) < 4.78 is 15.7. The predicted octanol–water partition coefficient (Wildman–Crippen LogP) is 2.12. The molecule has 6 nitrogen and oxygen atoms in total. The first kappa shape index (κ1) is 11.6. The van der Waals surface area contributed by atoms with Crippen molar-refractivity contribution in [1.82, 2.24) is 5.16 Å². The number of nitrogens with zero attached hydrogens (tertiary/aromatic N) is 1. The molecule has 6 heteroatoms. The zero-order chi connectivity index (χ0) is 13.4. The van der Waals surface area contributed by atoms with Crippen LogP contribution in [0.4, 0.5) is 0 Å². The Morgan fingerprint density at radius 1 is 1.26 bits per heavy atom. The molecule has 0 radical (unpaired) electrons. The molecule has 0 atom stereocenters. The van der Waals surface area contributed by atoms with Crippen LogP contribution in [-0.4, -0.2) is 29.4 Å². The van der Waals surface area contributed by atoms with Crippen molar-refractivity contribution in [3.8, 4) is 22.8 Å². The zero-order valence-electron chi connectivity index (χ0n) is 10.2. The van der Waals surface area contributed by atoms with E-state index in [9.17, 15) is 4.79 Å². The van der Waals surface area contributed by atoms with Gasteiger partial charge in [0.2, 0.25) is 5.76 Å². The maximum atomic E-state index is 10.9. The van der Waals surface area contributed by atoms with Gasteiger partial charge in [-0.05, 0) is 25.1 Å². The molecule has 3 rings (SSSR count). The standard InChI is InChI=1S/C13H11NO5/c1-7-11(14-19-12(7)13(15)16)8-2-3-9-10(6-8)18-5-4-17-9/h2-3,6H,4-5H2,1H3,(H,15,16). The van der Waals surface area contributed by atoms with Gasteiger partial charge in [0, 0.05) is 11.1 Å². The van der Waals surface area contributed by atoms with E-state index < -0.39 is 5.97 Å². The maximum absolute atomic E-state index is 10.9. The molecule has 0 bridgehead atoms. The summed E-state index contributed by atoms with van der Waals surface area (Å²) in [5.74, 6) is 0.0244. The fraction of sp³-hybridized carbons (Fsp3) is 0.231. The van der Waals surface area contributed by atoms with E-state index in [4.69, 9.17) is 19.1 Å². The minimum Gasteiger partial charge on any atom is -0.486 e. The number of fused-ring (bicyclic) bond motifs is 1. The second-order valence-corrected chi connectivity index (χ2v) is 4.15. The lowest BCUT2D eigenvalue weighted by Crippen LogP contribution is -2.15. The molecule has 1 aliphatic rings. The normalized spacial score (nSPS) is 13.3. The third-order valence-corrected chi connectivity index (χ3v) is 2.93. The highest BCUT2D eigenvalue weighted by Crippen LogP contribution is 2.35. The van der Waals surface area contributed by atoms with Gasteiger partial charge < -0.3 is 19.1 Å². The van der Waals surface area contributed by atoms with Gasteiger partial charge in [-0.15, -0.1) is 0 Å². The third-order valence-electron chi connectivity index (χ3n) is 2.93. The third kappa shape index (κ3) is 1.91. The average Bonchev–Trinajstić information content (AvgIpc) is 2.80. The number of carboxylic acids is 1. The van der Waals surface area contributed by atoms with Crippen LogP contribution in [0.5, 0.6) is 11.5 Å². The van der Waals surface area contributed by atoms with E-state index in [-0.39, 0.29) is 5.76 Å². The van der Waals surface area contributed by atoms with Gasteiger partial charge in [-0.2, -0.15) is 0 Å². The van der Waals surface area contributed by atoms with Crippen LogP contribution in [0, 0.1) is 6.92 Å². The Balaban J connectivity index is 2.05. The monoisotopic (exact) mass is 261 g/mol. The summed E-state index contributed by atoms with van der Waals surface area (Å²) in [6, 6.07) is 5.34. The first-order chi connectivity index (χ1) is 9.16. The van der Waals surface area contributed by atoms with Crippen LogP contribution in [-0.2, 0) is 0 Å². The molecule has 0 aliphatic carbocycles. The van der Waals surface area contributed by atoms with Gasteiger partial charge in [-0.1, -0.05) is 5.16 Å². The summed E-state index contributed by atoms with van der Waals surface area (Å²) in [4.78, 5) is 10.9. The number of ether oxygens (including phenoxy) is 2. The largest absolute Gasteiger partial charge is 0.486 e. The number of hydrogen-bond donors (Lipinski definition) is 1. The van der Waals surface area contributed by atoms with Gasteiger partial charge in [-0.25, -0.2) is 4.79 Å². The quantitative estimate of drug-likeness (QED) is 0.891. The summed E-state index contributed by atoms with van der Waals surface area (Å²) in [6.45, 7) is 2.68. The molecule has 0 amide bonds. The predicted molar refractivity (Wildman–Crippen MR) is 64.6 cm³/mol. The molecule has 0 fully saturated rings. The van der Waals surface area contributed by atoms with E-state index >= 15 is 0 Å². The first-order valence-corrected chi connectivity index (χ1v) is 5.76. The van der Waals surface area contributed by atoms with Crippen molar-refractivity contribution in [2.45, 2.75) is 6.92 Å². The van der Waals surface area contributed by atoms with Crippen LogP contribution in [0.3, 0.4) is 0 Å². The Hall–Kier alpha value is -2.50. The highest BCUT2D eigenvalue weighted by molar-refractivity contribution is 5.88. The molecule has 0 saturated carbocycles. The summed E-state index contributed by atoms with van der Waals surface area (Å²) in [5.41, 5.74) is 1.72. The zero-order valence-corrected chi connectivity index (χ0v) is 10.2.